The molecular formula is C10H11BrN2O2. The fourth-order valence-electron chi connectivity index (χ4n) is 1.47. The number of hydrogen-bond acceptors (Lipinski definition) is 3. The molecule has 2 rings (SSSR count). The summed E-state index contributed by atoms with van der Waals surface area (Å²) in [5.74, 6) is -0.0839. The van der Waals surface area contributed by atoms with Crippen molar-refractivity contribution in [3.63, 3.8) is 0 Å². The molecule has 1 fully saturated rings. The summed E-state index contributed by atoms with van der Waals surface area (Å²) >= 11 is 3.32. The summed E-state index contributed by atoms with van der Waals surface area (Å²) in [7, 11) is 0. The summed E-state index contributed by atoms with van der Waals surface area (Å²) in [6, 6.07) is 1.75. The second-order valence-electron chi connectivity index (χ2n) is 3.35. The molecule has 1 aromatic rings. The van der Waals surface area contributed by atoms with Gasteiger partial charge in [0.2, 0.25) is 0 Å². The van der Waals surface area contributed by atoms with Gasteiger partial charge in [-0.15, -0.1) is 0 Å². The van der Waals surface area contributed by atoms with Crippen LogP contribution in [0.4, 0.5) is 5.69 Å². The van der Waals surface area contributed by atoms with Crippen LogP contribution in [0.25, 0.3) is 0 Å². The van der Waals surface area contributed by atoms with E-state index in [1.165, 1.54) is 0 Å². The van der Waals surface area contributed by atoms with Crippen molar-refractivity contribution in [2.24, 2.45) is 0 Å². The lowest BCUT2D eigenvalue weighted by Crippen LogP contribution is -2.26. The van der Waals surface area contributed by atoms with Crippen LogP contribution in [0.1, 0.15) is 12.8 Å². The quantitative estimate of drug-likeness (QED) is 0.894. The Hall–Kier alpha value is -0.940. The standard InChI is InChI=1S/C10H11BrN2O2/c11-7-6-12-4-3-8(7)13-10(14)9-2-1-5-15-9/h3-4,6,9H,1-2,5H2,(H,12,13,14)/t9-/m1/s1. The van der Waals surface area contributed by atoms with Gasteiger partial charge in [-0.05, 0) is 34.8 Å². The van der Waals surface area contributed by atoms with Crippen LogP contribution in [0.5, 0.6) is 0 Å². The zero-order valence-electron chi connectivity index (χ0n) is 8.07. The van der Waals surface area contributed by atoms with Gasteiger partial charge in [0.25, 0.3) is 5.91 Å². The van der Waals surface area contributed by atoms with Gasteiger partial charge in [0, 0.05) is 19.0 Å². The molecule has 0 radical (unpaired) electrons. The summed E-state index contributed by atoms with van der Waals surface area (Å²) in [5, 5.41) is 2.80. The second kappa shape index (κ2) is 4.72. The van der Waals surface area contributed by atoms with E-state index in [0.717, 1.165) is 23.0 Å². The molecule has 1 saturated heterocycles. The van der Waals surface area contributed by atoms with E-state index in [1.54, 1.807) is 18.5 Å². The first-order chi connectivity index (χ1) is 7.27. The molecule has 0 aromatic carbocycles. The van der Waals surface area contributed by atoms with E-state index < -0.39 is 0 Å². The van der Waals surface area contributed by atoms with Crippen LogP contribution in [0.15, 0.2) is 22.9 Å². The molecule has 0 unspecified atom stereocenters. The maximum Gasteiger partial charge on any atom is 0.253 e. The molecule has 1 amide bonds. The number of nitrogens with one attached hydrogen (secondary N) is 1. The average molecular weight is 271 g/mol. The van der Waals surface area contributed by atoms with E-state index in [2.05, 4.69) is 26.2 Å². The molecule has 2 heterocycles. The Morgan fingerprint density at radius 2 is 2.53 bits per heavy atom. The number of aromatic nitrogens is 1. The minimum Gasteiger partial charge on any atom is -0.368 e. The number of nitrogens with zero attached hydrogens (tertiary/aromatic N) is 1. The SMILES string of the molecule is O=C(Nc1ccncc1Br)[C@H]1CCCO1. The number of carbonyl (C=O) groups excluding carboxylic acids is 1. The van der Waals surface area contributed by atoms with Crippen LogP contribution >= 0.6 is 15.9 Å². The molecular weight excluding hydrogens is 260 g/mol. The van der Waals surface area contributed by atoms with E-state index in [4.69, 9.17) is 4.74 Å². The van der Waals surface area contributed by atoms with Crippen LogP contribution in [0, 0.1) is 0 Å². The van der Waals surface area contributed by atoms with Gasteiger partial charge >= 0.3 is 0 Å². The van der Waals surface area contributed by atoms with Gasteiger partial charge in [0.1, 0.15) is 6.10 Å². The van der Waals surface area contributed by atoms with Gasteiger partial charge in [0.05, 0.1) is 10.2 Å². The van der Waals surface area contributed by atoms with Crippen LogP contribution in [-0.2, 0) is 9.53 Å². The first-order valence-electron chi connectivity index (χ1n) is 4.79. The molecule has 1 N–H and O–H groups in total. The maximum absolute atomic E-state index is 11.7. The van der Waals surface area contributed by atoms with Crippen LogP contribution in [-0.4, -0.2) is 23.6 Å². The van der Waals surface area contributed by atoms with E-state index in [-0.39, 0.29) is 12.0 Å². The van der Waals surface area contributed by atoms with Gasteiger partial charge in [-0.1, -0.05) is 0 Å². The van der Waals surface area contributed by atoms with E-state index in [9.17, 15) is 4.79 Å². The fourth-order valence-corrected chi connectivity index (χ4v) is 1.82. The van der Waals surface area contributed by atoms with Gasteiger partial charge in [0.15, 0.2) is 0 Å². The van der Waals surface area contributed by atoms with Crippen molar-refractivity contribution in [2.75, 3.05) is 11.9 Å². The molecule has 15 heavy (non-hydrogen) atoms. The van der Waals surface area contributed by atoms with E-state index in [1.807, 2.05) is 0 Å². The molecule has 0 spiro atoms. The van der Waals surface area contributed by atoms with Crippen molar-refractivity contribution in [3.05, 3.63) is 22.9 Å². The summed E-state index contributed by atoms with van der Waals surface area (Å²) in [4.78, 5) is 15.6. The Kier molecular flexibility index (Phi) is 3.33. The zero-order chi connectivity index (χ0) is 10.7. The summed E-state index contributed by atoms with van der Waals surface area (Å²) in [6.07, 6.45) is 4.73. The minimum absolute atomic E-state index is 0.0839. The van der Waals surface area contributed by atoms with Crippen molar-refractivity contribution in [2.45, 2.75) is 18.9 Å². The number of halogens is 1. The molecule has 80 valence electrons. The summed E-state index contributed by atoms with van der Waals surface area (Å²) in [6.45, 7) is 0.676. The monoisotopic (exact) mass is 270 g/mol. The number of amides is 1. The molecule has 4 nitrogen and oxygen atoms in total. The van der Waals surface area contributed by atoms with Gasteiger partial charge in [-0.2, -0.15) is 0 Å². The summed E-state index contributed by atoms with van der Waals surface area (Å²) in [5.41, 5.74) is 0.727. The van der Waals surface area contributed by atoms with Crippen molar-refractivity contribution < 1.29 is 9.53 Å². The lowest BCUT2D eigenvalue weighted by molar-refractivity contribution is -0.124. The second-order valence-corrected chi connectivity index (χ2v) is 4.20. The lowest BCUT2D eigenvalue weighted by Gasteiger charge is -2.10. The topological polar surface area (TPSA) is 51.2 Å². The first-order valence-corrected chi connectivity index (χ1v) is 5.58. The summed E-state index contributed by atoms with van der Waals surface area (Å²) < 4.78 is 6.06. The molecule has 1 aliphatic rings. The molecule has 0 bridgehead atoms. The Labute approximate surface area is 96.2 Å². The van der Waals surface area contributed by atoms with E-state index in [0.29, 0.717) is 6.61 Å². The third-order valence-corrected chi connectivity index (χ3v) is 2.88. The number of pyridine rings is 1. The number of anilines is 1. The number of carbonyl (C=O) groups is 1. The first kappa shape index (κ1) is 10.6. The van der Waals surface area contributed by atoms with Crippen LogP contribution in [0.3, 0.4) is 0 Å². The molecule has 1 atom stereocenters. The lowest BCUT2D eigenvalue weighted by atomic mass is 10.2. The molecule has 1 aromatic heterocycles. The molecule has 5 heteroatoms. The Morgan fingerprint density at radius 1 is 1.67 bits per heavy atom. The zero-order valence-corrected chi connectivity index (χ0v) is 9.66. The van der Waals surface area contributed by atoms with Crippen molar-refractivity contribution >= 4 is 27.5 Å². The third kappa shape index (κ3) is 2.54. The van der Waals surface area contributed by atoms with Gasteiger partial charge in [-0.3, -0.25) is 9.78 Å². The van der Waals surface area contributed by atoms with Gasteiger partial charge < -0.3 is 10.1 Å². The number of rotatable bonds is 2. The van der Waals surface area contributed by atoms with Crippen LogP contribution in [0.2, 0.25) is 0 Å². The van der Waals surface area contributed by atoms with Gasteiger partial charge in [-0.25, -0.2) is 0 Å². The molecule has 0 aliphatic carbocycles. The van der Waals surface area contributed by atoms with Crippen molar-refractivity contribution in [1.82, 2.24) is 4.98 Å². The Morgan fingerprint density at radius 3 is 3.20 bits per heavy atom. The molecule has 0 saturated carbocycles. The highest BCUT2D eigenvalue weighted by Gasteiger charge is 2.23. The van der Waals surface area contributed by atoms with Crippen molar-refractivity contribution in [1.29, 1.82) is 0 Å². The fraction of sp³-hybridized carbons (Fsp3) is 0.400. The highest BCUT2D eigenvalue weighted by atomic mass is 79.9. The average Bonchev–Trinajstić information content (AvgIpc) is 2.74. The Balaban J connectivity index is 2.02. The number of hydrogen-bond donors (Lipinski definition) is 1. The predicted octanol–water partition coefficient (Wildman–Crippen LogP) is 1.96. The third-order valence-electron chi connectivity index (χ3n) is 2.25. The van der Waals surface area contributed by atoms with Crippen molar-refractivity contribution in [3.8, 4) is 0 Å². The van der Waals surface area contributed by atoms with Crippen LogP contribution < -0.4 is 5.32 Å². The highest BCUT2D eigenvalue weighted by molar-refractivity contribution is 9.10. The number of ether oxygens (including phenoxy) is 1. The molecule has 1 aliphatic heterocycles. The predicted molar refractivity (Wildman–Crippen MR) is 59.5 cm³/mol. The largest absolute Gasteiger partial charge is 0.368 e. The minimum atomic E-state index is -0.301. The smallest absolute Gasteiger partial charge is 0.253 e. The highest BCUT2D eigenvalue weighted by Crippen LogP contribution is 2.21. The maximum atomic E-state index is 11.7. The Bertz CT molecular complexity index is 364. The van der Waals surface area contributed by atoms with E-state index >= 15 is 0 Å². The normalized spacial score (nSPS) is 20.2.